The number of hydrogen-bond acceptors (Lipinski definition) is 4. The number of nitrogens with zero attached hydrogens (tertiary/aromatic N) is 2. The highest BCUT2D eigenvalue weighted by Crippen LogP contribution is 2.12. The van der Waals surface area contributed by atoms with Crippen LogP contribution >= 0.6 is 15.9 Å². The van der Waals surface area contributed by atoms with Crippen molar-refractivity contribution < 1.29 is 5.11 Å². The van der Waals surface area contributed by atoms with Gasteiger partial charge in [0.2, 0.25) is 0 Å². The van der Waals surface area contributed by atoms with Crippen LogP contribution in [-0.4, -0.2) is 15.1 Å². The van der Waals surface area contributed by atoms with E-state index in [9.17, 15) is 0 Å². The summed E-state index contributed by atoms with van der Waals surface area (Å²) < 4.78 is 0.806. The molecule has 0 bridgehead atoms. The second-order valence-electron chi connectivity index (χ2n) is 3.23. The molecule has 2 rings (SSSR count). The van der Waals surface area contributed by atoms with Crippen molar-refractivity contribution in [3.8, 4) is 5.75 Å². The minimum absolute atomic E-state index is 0.175. The molecule has 16 heavy (non-hydrogen) atoms. The zero-order chi connectivity index (χ0) is 11.4. The van der Waals surface area contributed by atoms with Gasteiger partial charge in [-0.15, -0.1) is 0 Å². The van der Waals surface area contributed by atoms with Crippen LogP contribution in [0.3, 0.4) is 0 Å². The average molecular weight is 280 g/mol. The van der Waals surface area contributed by atoms with Crippen LogP contribution < -0.4 is 5.32 Å². The molecule has 82 valence electrons. The minimum atomic E-state index is 0.175. The van der Waals surface area contributed by atoms with Crippen LogP contribution in [0.1, 0.15) is 5.69 Å². The molecule has 4 nitrogen and oxygen atoms in total. The molecule has 0 amide bonds. The van der Waals surface area contributed by atoms with Crippen molar-refractivity contribution >= 4 is 21.6 Å². The maximum atomic E-state index is 9.07. The molecule has 5 heteroatoms. The van der Waals surface area contributed by atoms with Gasteiger partial charge in [0.05, 0.1) is 30.3 Å². The molecule has 0 aliphatic rings. The second kappa shape index (κ2) is 4.94. The van der Waals surface area contributed by atoms with Gasteiger partial charge in [-0.05, 0) is 40.2 Å². The molecule has 2 heterocycles. The molecule has 0 aromatic carbocycles. The minimum Gasteiger partial charge on any atom is -0.506 e. The molecule has 0 saturated heterocycles. The Hall–Kier alpha value is -1.62. The highest BCUT2D eigenvalue weighted by atomic mass is 79.9. The Labute approximate surface area is 102 Å². The first kappa shape index (κ1) is 10.9. The highest BCUT2D eigenvalue weighted by Gasteiger charge is 1.96. The molecule has 0 fully saturated rings. The van der Waals surface area contributed by atoms with Crippen LogP contribution in [-0.2, 0) is 6.54 Å². The smallest absolute Gasteiger partial charge is 0.133 e. The van der Waals surface area contributed by atoms with Gasteiger partial charge in [0.1, 0.15) is 10.4 Å². The molecule has 2 aromatic heterocycles. The lowest BCUT2D eigenvalue weighted by molar-refractivity contribution is 0.472. The van der Waals surface area contributed by atoms with E-state index in [-0.39, 0.29) is 5.75 Å². The number of aromatic hydroxyl groups is 1. The third-order valence-electron chi connectivity index (χ3n) is 2.01. The van der Waals surface area contributed by atoms with Crippen LogP contribution in [0, 0.1) is 0 Å². The first-order valence-electron chi connectivity index (χ1n) is 4.73. The van der Waals surface area contributed by atoms with E-state index >= 15 is 0 Å². The summed E-state index contributed by atoms with van der Waals surface area (Å²) in [7, 11) is 0. The van der Waals surface area contributed by atoms with Crippen molar-refractivity contribution in [1.82, 2.24) is 9.97 Å². The lowest BCUT2D eigenvalue weighted by Crippen LogP contribution is -2.01. The Morgan fingerprint density at radius 3 is 2.62 bits per heavy atom. The van der Waals surface area contributed by atoms with Gasteiger partial charge in [0, 0.05) is 0 Å². The Kier molecular flexibility index (Phi) is 3.36. The summed E-state index contributed by atoms with van der Waals surface area (Å²) in [5.74, 6) is 0.175. The Morgan fingerprint density at radius 2 is 2.00 bits per heavy atom. The summed E-state index contributed by atoms with van der Waals surface area (Å²) in [6.07, 6.45) is 3.17. The maximum Gasteiger partial charge on any atom is 0.133 e. The van der Waals surface area contributed by atoms with E-state index in [1.165, 1.54) is 6.20 Å². The Bertz CT molecular complexity index is 410. The molecule has 0 saturated carbocycles. The normalized spacial score (nSPS) is 10.1. The number of nitrogens with one attached hydrogen (secondary N) is 1. The predicted molar refractivity (Wildman–Crippen MR) is 65.2 cm³/mol. The van der Waals surface area contributed by atoms with Crippen LogP contribution in [0.2, 0.25) is 0 Å². The Morgan fingerprint density at radius 1 is 1.12 bits per heavy atom. The zero-order valence-corrected chi connectivity index (χ0v) is 9.98. The lowest BCUT2D eigenvalue weighted by atomic mass is 10.3. The van der Waals surface area contributed by atoms with Crippen molar-refractivity contribution in [2.45, 2.75) is 6.54 Å². The first-order chi connectivity index (χ1) is 7.74. The van der Waals surface area contributed by atoms with Gasteiger partial charge >= 0.3 is 0 Å². The summed E-state index contributed by atoms with van der Waals surface area (Å²) in [5, 5.41) is 12.3. The van der Waals surface area contributed by atoms with E-state index in [2.05, 4.69) is 31.2 Å². The van der Waals surface area contributed by atoms with Gasteiger partial charge in [-0.1, -0.05) is 0 Å². The SMILES string of the molecule is Oc1ccc(CNc2ccc(Br)nc2)nc1. The van der Waals surface area contributed by atoms with Gasteiger partial charge in [-0.3, -0.25) is 4.98 Å². The van der Waals surface area contributed by atoms with Crippen LogP contribution in [0.4, 0.5) is 5.69 Å². The van der Waals surface area contributed by atoms with E-state index in [1.54, 1.807) is 18.3 Å². The number of rotatable bonds is 3. The van der Waals surface area contributed by atoms with E-state index in [0.717, 1.165) is 16.0 Å². The molecule has 0 aliphatic heterocycles. The number of halogens is 1. The van der Waals surface area contributed by atoms with Gasteiger partial charge in [0.15, 0.2) is 0 Å². The summed E-state index contributed by atoms with van der Waals surface area (Å²) in [4.78, 5) is 8.17. The number of pyridine rings is 2. The molecule has 0 aliphatic carbocycles. The van der Waals surface area contributed by atoms with Crippen LogP contribution in [0.25, 0.3) is 0 Å². The van der Waals surface area contributed by atoms with Crippen LogP contribution in [0.15, 0.2) is 41.3 Å². The summed E-state index contributed by atoms with van der Waals surface area (Å²) in [6.45, 7) is 0.601. The maximum absolute atomic E-state index is 9.07. The zero-order valence-electron chi connectivity index (χ0n) is 8.39. The van der Waals surface area contributed by atoms with E-state index in [1.807, 2.05) is 12.1 Å². The summed E-state index contributed by atoms with van der Waals surface area (Å²) >= 11 is 3.27. The Balaban J connectivity index is 1.97. The van der Waals surface area contributed by atoms with Gasteiger partial charge in [-0.2, -0.15) is 0 Å². The monoisotopic (exact) mass is 279 g/mol. The van der Waals surface area contributed by atoms with Crippen molar-refractivity contribution in [3.63, 3.8) is 0 Å². The molecular weight excluding hydrogens is 270 g/mol. The van der Waals surface area contributed by atoms with Gasteiger partial charge in [-0.25, -0.2) is 4.98 Å². The average Bonchev–Trinajstić information content (AvgIpc) is 2.30. The van der Waals surface area contributed by atoms with E-state index < -0.39 is 0 Å². The van der Waals surface area contributed by atoms with Gasteiger partial charge in [0.25, 0.3) is 0 Å². The predicted octanol–water partition coefficient (Wildman–Crippen LogP) is 2.56. The number of hydrogen-bond donors (Lipinski definition) is 2. The van der Waals surface area contributed by atoms with Crippen molar-refractivity contribution in [3.05, 3.63) is 47.0 Å². The van der Waals surface area contributed by atoms with Crippen molar-refractivity contribution in [2.75, 3.05) is 5.32 Å². The number of anilines is 1. The van der Waals surface area contributed by atoms with Crippen molar-refractivity contribution in [1.29, 1.82) is 0 Å². The molecule has 2 aromatic rings. The fourth-order valence-electron chi connectivity index (χ4n) is 1.19. The van der Waals surface area contributed by atoms with Crippen LogP contribution in [0.5, 0.6) is 5.75 Å². The van der Waals surface area contributed by atoms with E-state index in [0.29, 0.717) is 6.54 Å². The largest absolute Gasteiger partial charge is 0.506 e. The first-order valence-corrected chi connectivity index (χ1v) is 5.53. The quantitative estimate of drug-likeness (QED) is 0.848. The topological polar surface area (TPSA) is 58.0 Å². The molecule has 2 N–H and O–H groups in total. The molecular formula is C11H10BrN3O. The van der Waals surface area contributed by atoms with E-state index in [4.69, 9.17) is 5.11 Å². The second-order valence-corrected chi connectivity index (χ2v) is 4.04. The lowest BCUT2D eigenvalue weighted by Gasteiger charge is -2.05. The standard InChI is InChI=1S/C11H10BrN3O/c12-11-4-2-9(6-15-11)13-5-8-1-3-10(16)7-14-8/h1-4,6-7,13,16H,5H2. The highest BCUT2D eigenvalue weighted by molar-refractivity contribution is 9.10. The molecule has 0 unspecified atom stereocenters. The third kappa shape index (κ3) is 2.93. The summed E-state index contributed by atoms with van der Waals surface area (Å²) in [6, 6.07) is 7.18. The fraction of sp³-hybridized carbons (Fsp3) is 0.0909. The number of aromatic nitrogens is 2. The molecule has 0 spiro atoms. The fourth-order valence-corrected chi connectivity index (χ4v) is 1.43. The summed E-state index contributed by atoms with van der Waals surface area (Å²) in [5.41, 5.74) is 1.79. The molecule has 0 radical (unpaired) electrons. The van der Waals surface area contributed by atoms with Gasteiger partial charge < -0.3 is 10.4 Å². The van der Waals surface area contributed by atoms with Crippen molar-refractivity contribution in [2.24, 2.45) is 0 Å². The molecule has 0 atom stereocenters. The third-order valence-corrected chi connectivity index (χ3v) is 2.48.